The van der Waals surface area contributed by atoms with Crippen LogP contribution in [0.1, 0.15) is 16.9 Å². The highest BCUT2D eigenvalue weighted by Gasteiger charge is 2.23. The van der Waals surface area contributed by atoms with Gasteiger partial charge in [0.25, 0.3) is 5.91 Å². The van der Waals surface area contributed by atoms with Crippen molar-refractivity contribution < 1.29 is 9.53 Å². The van der Waals surface area contributed by atoms with Gasteiger partial charge in [-0.25, -0.2) is 0 Å². The van der Waals surface area contributed by atoms with Gasteiger partial charge in [-0.05, 0) is 42.7 Å². The number of fused-ring (bicyclic) bond motifs is 1. The Hall–Kier alpha value is -2.95. The minimum absolute atomic E-state index is 0.0571. The van der Waals surface area contributed by atoms with E-state index < -0.39 is 0 Å². The van der Waals surface area contributed by atoms with Crippen molar-refractivity contribution in [1.29, 1.82) is 0 Å². The van der Waals surface area contributed by atoms with Gasteiger partial charge in [-0.3, -0.25) is 4.79 Å². The summed E-state index contributed by atoms with van der Waals surface area (Å²) in [5.74, 6) is 1.19. The molecule has 0 spiro atoms. The molecule has 1 atom stereocenters. The highest BCUT2D eigenvalue weighted by molar-refractivity contribution is 5.98. The minimum atomic E-state index is -0.0571. The number of methoxy groups -OCH3 is 1. The van der Waals surface area contributed by atoms with Gasteiger partial charge in [-0.15, -0.1) is 0 Å². The third-order valence-electron chi connectivity index (χ3n) is 5.03. The molecule has 1 aromatic heterocycles. The highest BCUT2D eigenvalue weighted by atomic mass is 16.5. The number of H-pyrrole nitrogens is 1. The van der Waals surface area contributed by atoms with Crippen LogP contribution in [0.4, 0.5) is 5.69 Å². The van der Waals surface area contributed by atoms with Crippen LogP contribution in [0.2, 0.25) is 0 Å². The second kappa shape index (κ2) is 7.12. The summed E-state index contributed by atoms with van der Waals surface area (Å²) in [6, 6.07) is 18.1. The molecule has 5 nitrogen and oxygen atoms in total. The molecule has 26 heavy (non-hydrogen) atoms. The maximum absolute atomic E-state index is 12.5. The standard InChI is InChI=1S/C21H23N3O2/c1-26-18-8-7-16-11-20(23-19(16)12-18)21(25)22-13-15-9-10-24(14-15)17-5-3-2-4-6-17/h2-8,11-12,15,23H,9-10,13-14H2,1H3,(H,22,25)/t15-/m1/s1. The Morgan fingerprint density at radius 3 is 2.88 bits per heavy atom. The summed E-state index contributed by atoms with van der Waals surface area (Å²) in [4.78, 5) is 18.0. The Morgan fingerprint density at radius 1 is 1.23 bits per heavy atom. The van der Waals surface area contributed by atoms with Gasteiger partial charge in [-0.2, -0.15) is 0 Å². The summed E-state index contributed by atoms with van der Waals surface area (Å²) < 4.78 is 5.23. The summed E-state index contributed by atoms with van der Waals surface area (Å²) in [5, 5.41) is 4.08. The van der Waals surface area contributed by atoms with Crippen LogP contribution < -0.4 is 15.0 Å². The summed E-state index contributed by atoms with van der Waals surface area (Å²) in [5.41, 5.74) is 2.75. The Kier molecular flexibility index (Phi) is 4.52. The molecular weight excluding hydrogens is 326 g/mol. The molecule has 3 aromatic rings. The molecule has 1 aliphatic rings. The summed E-state index contributed by atoms with van der Waals surface area (Å²) >= 11 is 0. The topological polar surface area (TPSA) is 57.4 Å². The number of aromatic nitrogens is 1. The number of nitrogens with one attached hydrogen (secondary N) is 2. The second-order valence-electron chi connectivity index (χ2n) is 6.78. The molecule has 2 heterocycles. The van der Waals surface area contributed by atoms with E-state index >= 15 is 0 Å². The maximum atomic E-state index is 12.5. The number of anilines is 1. The van der Waals surface area contributed by atoms with Gasteiger partial charge in [0, 0.05) is 42.3 Å². The van der Waals surface area contributed by atoms with Gasteiger partial charge >= 0.3 is 0 Å². The average molecular weight is 349 g/mol. The van der Waals surface area contributed by atoms with Crippen molar-refractivity contribution in [3.05, 3.63) is 60.3 Å². The van der Waals surface area contributed by atoms with E-state index in [0.717, 1.165) is 36.2 Å². The van der Waals surface area contributed by atoms with Crippen LogP contribution in [0.5, 0.6) is 5.75 Å². The number of nitrogens with zero attached hydrogens (tertiary/aromatic N) is 1. The van der Waals surface area contributed by atoms with Gasteiger partial charge < -0.3 is 19.9 Å². The Balaban J connectivity index is 1.35. The number of carbonyl (C=O) groups is 1. The van der Waals surface area contributed by atoms with E-state index in [2.05, 4.69) is 39.5 Å². The monoisotopic (exact) mass is 349 g/mol. The van der Waals surface area contributed by atoms with Crippen molar-refractivity contribution in [3.63, 3.8) is 0 Å². The zero-order valence-corrected chi connectivity index (χ0v) is 14.9. The number of hydrogen-bond donors (Lipinski definition) is 2. The largest absolute Gasteiger partial charge is 0.497 e. The van der Waals surface area contributed by atoms with Gasteiger partial charge in [0.05, 0.1) is 7.11 Å². The fourth-order valence-corrected chi connectivity index (χ4v) is 3.56. The Labute approximate surface area is 153 Å². The maximum Gasteiger partial charge on any atom is 0.267 e. The highest BCUT2D eigenvalue weighted by Crippen LogP contribution is 2.24. The summed E-state index contributed by atoms with van der Waals surface area (Å²) in [6.07, 6.45) is 1.10. The molecule has 0 saturated carbocycles. The number of carbonyl (C=O) groups excluding carboxylic acids is 1. The number of benzene rings is 2. The molecule has 5 heteroatoms. The zero-order valence-electron chi connectivity index (χ0n) is 14.9. The molecule has 1 aliphatic heterocycles. The predicted octanol–water partition coefficient (Wildman–Crippen LogP) is 3.43. The van der Waals surface area contributed by atoms with E-state index in [4.69, 9.17) is 4.74 Å². The molecular formula is C21H23N3O2. The van der Waals surface area contributed by atoms with Gasteiger partial charge in [0.1, 0.15) is 11.4 Å². The predicted molar refractivity (Wildman–Crippen MR) is 104 cm³/mol. The smallest absolute Gasteiger partial charge is 0.267 e. The van der Waals surface area contributed by atoms with E-state index in [1.807, 2.05) is 30.3 Å². The van der Waals surface area contributed by atoms with Gasteiger partial charge in [-0.1, -0.05) is 18.2 Å². The lowest BCUT2D eigenvalue weighted by atomic mass is 10.1. The van der Waals surface area contributed by atoms with E-state index in [0.29, 0.717) is 18.2 Å². The first-order valence-electron chi connectivity index (χ1n) is 8.98. The van der Waals surface area contributed by atoms with Crippen LogP contribution in [0.3, 0.4) is 0 Å². The quantitative estimate of drug-likeness (QED) is 0.742. The molecule has 2 N–H and O–H groups in total. The summed E-state index contributed by atoms with van der Waals surface area (Å²) in [6.45, 7) is 2.71. The first-order valence-corrected chi connectivity index (χ1v) is 8.98. The van der Waals surface area contributed by atoms with E-state index in [-0.39, 0.29) is 5.91 Å². The lowest BCUT2D eigenvalue weighted by Gasteiger charge is -2.18. The fourth-order valence-electron chi connectivity index (χ4n) is 3.56. The first kappa shape index (κ1) is 16.5. The number of amides is 1. The first-order chi connectivity index (χ1) is 12.7. The van der Waals surface area contributed by atoms with Crippen LogP contribution in [-0.4, -0.2) is 37.6 Å². The van der Waals surface area contributed by atoms with E-state index in [9.17, 15) is 4.79 Å². The number of para-hydroxylation sites is 1. The van der Waals surface area contributed by atoms with Crippen LogP contribution >= 0.6 is 0 Å². The van der Waals surface area contributed by atoms with Crippen LogP contribution in [0.15, 0.2) is 54.6 Å². The number of ether oxygens (including phenoxy) is 1. The number of hydrogen-bond acceptors (Lipinski definition) is 3. The molecule has 0 bridgehead atoms. The summed E-state index contributed by atoms with van der Waals surface area (Å²) in [7, 11) is 1.64. The van der Waals surface area contributed by atoms with Gasteiger partial charge in [0.15, 0.2) is 0 Å². The van der Waals surface area contributed by atoms with Gasteiger partial charge in [0.2, 0.25) is 0 Å². The third-order valence-corrected chi connectivity index (χ3v) is 5.03. The number of rotatable bonds is 5. The van der Waals surface area contributed by atoms with E-state index in [1.165, 1.54) is 5.69 Å². The molecule has 1 fully saturated rings. The van der Waals surface area contributed by atoms with E-state index in [1.54, 1.807) is 7.11 Å². The molecule has 1 amide bonds. The van der Waals surface area contributed by atoms with Crippen molar-refractivity contribution in [2.75, 3.05) is 31.6 Å². The van der Waals surface area contributed by atoms with Crippen LogP contribution in [0, 0.1) is 5.92 Å². The van der Waals surface area contributed by atoms with Crippen molar-refractivity contribution >= 4 is 22.5 Å². The Bertz CT molecular complexity index is 904. The number of aromatic amines is 1. The van der Waals surface area contributed by atoms with Crippen LogP contribution in [0.25, 0.3) is 10.9 Å². The molecule has 0 unspecified atom stereocenters. The fraction of sp³-hybridized carbons (Fsp3) is 0.286. The molecule has 2 aromatic carbocycles. The Morgan fingerprint density at radius 2 is 2.08 bits per heavy atom. The lowest BCUT2D eigenvalue weighted by molar-refractivity contribution is 0.0944. The molecule has 134 valence electrons. The van der Waals surface area contributed by atoms with Crippen molar-refractivity contribution in [2.45, 2.75) is 6.42 Å². The SMILES string of the molecule is COc1ccc2cc(C(=O)NC[C@H]3CCN(c4ccccc4)C3)[nH]c2c1. The minimum Gasteiger partial charge on any atom is -0.497 e. The molecule has 4 rings (SSSR count). The van der Waals surface area contributed by atoms with Crippen molar-refractivity contribution in [1.82, 2.24) is 10.3 Å². The lowest BCUT2D eigenvalue weighted by Crippen LogP contribution is -2.31. The molecule has 0 aliphatic carbocycles. The second-order valence-corrected chi connectivity index (χ2v) is 6.78. The van der Waals surface area contributed by atoms with Crippen molar-refractivity contribution in [3.8, 4) is 5.75 Å². The average Bonchev–Trinajstić information content (AvgIpc) is 3.33. The normalized spacial score (nSPS) is 16.8. The zero-order chi connectivity index (χ0) is 17.9. The van der Waals surface area contributed by atoms with Crippen LogP contribution in [-0.2, 0) is 0 Å². The molecule has 0 radical (unpaired) electrons. The van der Waals surface area contributed by atoms with Crippen molar-refractivity contribution in [2.24, 2.45) is 5.92 Å². The third kappa shape index (κ3) is 3.38. The molecule has 1 saturated heterocycles.